The van der Waals surface area contributed by atoms with E-state index in [1.54, 1.807) is 12.1 Å². The Labute approximate surface area is 252 Å². The second-order valence-electron chi connectivity index (χ2n) is 10.9. The Morgan fingerprint density at radius 2 is 1.86 bits per heavy atom. The van der Waals surface area contributed by atoms with E-state index in [0.717, 1.165) is 35.1 Å². The Bertz CT molecular complexity index is 1680. The molecule has 1 amide bonds. The number of carbonyl (C=O) groups is 2. The minimum atomic E-state index is -1.02. The lowest BCUT2D eigenvalue weighted by atomic mass is 9.95. The zero-order chi connectivity index (χ0) is 31.4. The second kappa shape index (κ2) is 13.2. The third kappa shape index (κ3) is 6.06. The summed E-state index contributed by atoms with van der Waals surface area (Å²) in [6.07, 6.45) is 4.99. The van der Waals surface area contributed by atoms with Crippen LogP contribution in [0.3, 0.4) is 0 Å². The van der Waals surface area contributed by atoms with Crippen molar-refractivity contribution in [2.45, 2.75) is 64.6 Å². The predicted molar refractivity (Wildman–Crippen MR) is 169 cm³/mol. The van der Waals surface area contributed by atoms with Gasteiger partial charge in [-0.15, -0.1) is 13.2 Å². The van der Waals surface area contributed by atoms with E-state index in [9.17, 15) is 14.7 Å². The predicted octanol–water partition coefficient (Wildman–Crippen LogP) is 6.15. The fraction of sp³-hybridized carbons (Fsp3) is 0.394. The molecule has 10 heteroatoms. The van der Waals surface area contributed by atoms with E-state index < -0.39 is 12.1 Å². The number of nitrogens with zero attached hydrogens (tertiary/aromatic N) is 4. The molecule has 0 radical (unpaired) electrons. The highest BCUT2D eigenvalue weighted by molar-refractivity contribution is 6.00. The molecule has 2 N–H and O–H groups in total. The fourth-order valence-corrected chi connectivity index (χ4v) is 5.55. The molecule has 0 spiro atoms. The number of methoxy groups -OCH3 is 2. The van der Waals surface area contributed by atoms with E-state index in [2.05, 4.69) is 29.1 Å². The molecule has 0 aliphatic carbocycles. The van der Waals surface area contributed by atoms with Crippen LogP contribution in [0.5, 0.6) is 5.75 Å². The van der Waals surface area contributed by atoms with E-state index in [1.165, 1.54) is 14.2 Å². The third-order valence-electron chi connectivity index (χ3n) is 7.72. The average molecular weight is 588 g/mol. The summed E-state index contributed by atoms with van der Waals surface area (Å²) in [5.74, 6) is -0.207. The number of unbranched alkanes of at least 4 members (excludes halogenated alkanes) is 1. The van der Waals surface area contributed by atoms with Crippen molar-refractivity contribution in [2.75, 3.05) is 14.2 Å². The lowest BCUT2D eigenvalue weighted by Gasteiger charge is -2.18. The quantitative estimate of drug-likeness (QED) is 0.134. The van der Waals surface area contributed by atoms with E-state index in [0.29, 0.717) is 41.3 Å². The fourth-order valence-electron chi connectivity index (χ4n) is 5.55. The minimum absolute atomic E-state index is 0.0779. The number of hydrogen-bond acceptors (Lipinski definition) is 6. The van der Waals surface area contributed by atoms with Crippen molar-refractivity contribution in [3.05, 3.63) is 66.4 Å². The third-order valence-corrected chi connectivity index (χ3v) is 7.72. The summed E-state index contributed by atoms with van der Waals surface area (Å²) in [7, 11) is 4.95. The van der Waals surface area contributed by atoms with Gasteiger partial charge in [-0.1, -0.05) is 26.0 Å². The molecule has 4 rings (SSSR count). The highest BCUT2D eigenvalue weighted by Gasteiger charge is 2.27. The summed E-state index contributed by atoms with van der Waals surface area (Å²) >= 11 is 0. The normalized spacial score (nSPS) is 12.9. The van der Waals surface area contributed by atoms with Crippen LogP contribution in [-0.4, -0.2) is 56.4 Å². The average Bonchev–Trinajstić information content (AvgIpc) is 3.51. The lowest BCUT2D eigenvalue weighted by Crippen LogP contribution is -2.37. The number of rotatable bonds is 14. The van der Waals surface area contributed by atoms with Crippen LogP contribution in [0.2, 0.25) is 0 Å². The number of aromatic carboxylic acids is 1. The monoisotopic (exact) mass is 587 g/mol. The molecule has 0 fully saturated rings. The van der Waals surface area contributed by atoms with Crippen molar-refractivity contribution in [2.24, 2.45) is 7.05 Å². The van der Waals surface area contributed by atoms with Crippen LogP contribution in [0.1, 0.15) is 73.6 Å². The maximum absolute atomic E-state index is 12.8. The molecule has 2 atom stereocenters. The van der Waals surface area contributed by atoms with Crippen LogP contribution in [0.25, 0.3) is 33.6 Å². The Morgan fingerprint density at radius 3 is 2.47 bits per heavy atom. The van der Waals surface area contributed by atoms with Gasteiger partial charge in [-0.25, -0.2) is 14.8 Å². The first kappa shape index (κ1) is 31.5. The summed E-state index contributed by atoms with van der Waals surface area (Å²) in [6, 6.07) is 7.18. The molecule has 1 unspecified atom stereocenters. The topological polar surface area (TPSA) is 120 Å². The van der Waals surface area contributed by atoms with Crippen molar-refractivity contribution < 1.29 is 24.2 Å². The first-order chi connectivity index (χ1) is 20.6. The van der Waals surface area contributed by atoms with Crippen molar-refractivity contribution in [1.29, 1.82) is 0 Å². The summed E-state index contributed by atoms with van der Waals surface area (Å²) in [4.78, 5) is 35.0. The van der Waals surface area contributed by atoms with Crippen LogP contribution in [0.15, 0.2) is 49.6 Å². The summed E-state index contributed by atoms with van der Waals surface area (Å²) in [5, 5.41) is 13.9. The molecule has 10 nitrogen and oxygen atoms in total. The highest BCUT2D eigenvalue weighted by atomic mass is 16.5. The number of aromatic nitrogens is 4. The molecule has 3 aromatic heterocycles. The number of benzene rings is 1. The molecule has 0 bridgehead atoms. The summed E-state index contributed by atoms with van der Waals surface area (Å²) < 4.78 is 15.1. The van der Waals surface area contributed by atoms with Crippen molar-refractivity contribution >= 4 is 33.9 Å². The minimum Gasteiger partial charge on any atom is -0.494 e. The number of allylic oxidation sites excluding steroid dienone is 1. The van der Waals surface area contributed by atoms with Crippen LogP contribution in [0.4, 0.5) is 0 Å². The Balaban J connectivity index is 1.89. The number of carbonyl (C=O) groups excluding carboxylic acids is 1. The number of amides is 1. The van der Waals surface area contributed by atoms with E-state index in [4.69, 9.17) is 19.4 Å². The van der Waals surface area contributed by atoms with E-state index in [1.807, 2.05) is 50.6 Å². The molecule has 3 heterocycles. The molecule has 228 valence electrons. The molecular weight excluding hydrogens is 546 g/mol. The number of fused-ring (bicyclic) bond motifs is 2. The maximum atomic E-state index is 12.8. The second-order valence-corrected chi connectivity index (χ2v) is 10.9. The maximum Gasteiger partial charge on any atom is 0.336 e. The van der Waals surface area contributed by atoms with Gasteiger partial charge in [0.05, 0.1) is 35.6 Å². The van der Waals surface area contributed by atoms with Crippen LogP contribution >= 0.6 is 0 Å². The van der Waals surface area contributed by atoms with Crippen LogP contribution in [0, 0.1) is 0 Å². The van der Waals surface area contributed by atoms with Gasteiger partial charge in [0, 0.05) is 32.5 Å². The number of hydrogen-bond donors (Lipinski definition) is 2. The Hall–Kier alpha value is -4.44. The first-order valence-corrected chi connectivity index (χ1v) is 14.4. The van der Waals surface area contributed by atoms with Crippen molar-refractivity contribution in [3.8, 4) is 17.3 Å². The largest absolute Gasteiger partial charge is 0.494 e. The zero-order valence-electron chi connectivity index (χ0n) is 25.8. The Kier molecular flexibility index (Phi) is 9.70. The number of nitrogens with one attached hydrogen (secondary N) is 1. The zero-order valence-corrected chi connectivity index (χ0v) is 25.8. The van der Waals surface area contributed by atoms with Crippen molar-refractivity contribution in [3.63, 3.8) is 0 Å². The van der Waals surface area contributed by atoms with Crippen LogP contribution in [-0.2, 0) is 23.1 Å². The smallest absolute Gasteiger partial charge is 0.336 e. The molecule has 0 saturated heterocycles. The van der Waals surface area contributed by atoms with E-state index in [-0.39, 0.29) is 23.4 Å². The molecular formula is C33H41N5O5. The van der Waals surface area contributed by atoms with Gasteiger partial charge < -0.3 is 29.0 Å². The lowest BCUT2D eigenvalue weighted by molar-refractivity contribution is -0.131. The van der Waals surface area contributed by atoms with Crippen LogP contribution < -0.4 is 10.1 Å². The number of ether oxygens (including phenoxy) is 2. The molecule has 1 aromatic carbocycles. The van der Waals surface area contributed by atoms with Gasteiger partial charge in [0.2, 0.25) is 5.91 Å². The van der Waals surface area contributed by atoms with Crippen molar-refractivity contribution in [1.82, 2.24) is 24.4 Å². The van der Waals surface area contributed by atoms with Gasteiger partial charge >= 0.3 is 5.97 Å². The molecule has 0 aliphatic rings. The number of aryl methyl sites for hydroxylation is 2. The van der Waals surface area contributed by atoms with Gasteiger partial charge in [-0.05, 0) is 55.5 Å². The highest BCUT2D eigenvalue weighted by Crippen LogP contribution is 2.39. The number of imidazole rings is 1. The van der Waals surface area contributed by atoms with Gasteiger partial charge in [0.15, 0.2) is 5.82 Å². The molecule has 0 saturated carbocycles. The molecule has 0 aliphatic heterocycles. The molecule has 43 heavy (non-hydrogen) atoms. The van der Waals surface area contributed by atoms with Gasteiger partial charge in [-0.3, -0.25) is 4.79 Å². The SMILES string of the molecule is C=CCCCn1c(-c2nc3c(C(C)C)c(C(=O)O)cc(OC)c3n2C)cc2ccc([C@@H](C)NC(=O)C(CC=C)OC)nc21. The molecule has 4 aromatic rings. The van der Waals surface area contributed by atoms with Gasteiger partial charge in [-0.2, -0.15) is 0 Å². The van der Waals surface area contributed by atoms with Gasteiger partial charge in [0.1, 0.15) is 23.0 Å². The summed E-state index contributed by atoms with van der Waals surface area (Å²) in [5.41, 5.74) is 4.50. The number of carboxylic acids is 1. The Morgan fingerprint density at radius 1 is 1.12 bits per heavy atom. The summed E-state index contributed by atoms with van der Waals surface area (Å²) in [6.45, 7) is 14.1. The van der Waals surface area contributed by atoms with E-state index >= 15 is 0 Å². The first-order valence-electron chi connectivity index (χ1n) is 14.4. The van der Waals surface area contributed by atoms with Gasteiger partial charge in [0.25, 0.3) is 0 Å². The standard InChI is InChI=1S/C33H41N5O5/c1-9-11-12-16-38-24(17-21-14-15-23(35-30(21)38)20(5)34-32(39)25(42-7)13-10-2)31-36-28-27(19(3)4)22(33(40)41)18-26(43-8)29(28)37(31)6/h9-10,14-15,17-20,25H,1-2,11-13,16H2,3-8H3,(H,34,39)(H,40,41)/t20-,25?/m1/s1. The number of carboxylic acid groups (broad SMARTS) is 1. The number of pyridine rings is 1.